The first-order chi connectivity index (χ1) is 15.6. The molecule has 2 aromatic carbocycles. The van der Waals surface area contributed by atoms with Crippen LogP contribution in [0.25, 0.3) is 0 Å². The number of aromatic nitrogens is 2. The molecule has 168 valence electrons. The van der Waals surface area contributed by atoms with E-state index in [0.717, 1.165) is 29.7 Å². The van der Waals surface area contributed by atoms with Crippen molar-refractivity contribution in [1.82, 2.24) is 14.7 Å². The van der Waals surface area contributed by atoms with Gasteiger partial charge in [-0.25, -0.2) is 0 Å². The molecular weight excluding hydrogens is 402 g/mol. The molecule has 32 heavy (non-hydrogen) atoms. The van der Waals surface area contributed by atoms with Crippen molar-refractivity contribution in [1.29, 1.82) is 0 Å². The van der Waals surface area contributed by atoms with Gasteiger partial charge in [0.1, 0.15) is 18.9 Å². The Balaban J connectivity index is 1.57. The Kier molecular flexibility index (Phi) is 7.22. The highest BCUT2D eigenvalue weighted by Gasteiger charge is 2.16. The number of carbonyl (C=O) groups is 1. The van der Waals surface area contributed by atoms with E-state index in [9.17, 15) is 4.79 Å². The van der Waals surface area contributed by atoms with Crippen molar-refractivity contribution >= 4 is 5.91 Å². The predicted molar refractivity (Wildman–Crippen MR) is 124 cm³/mol. The van der Waals surface area contributed by atoms with Crippen molar-refractivity contribution in [2.75, 3.05) is 26.4 Å². The van der Waals surface area contributed by atoms with Gasteiger partial charge in [-0.2, -0.15) is 5.10 Å². The van der Waals surface area contributed by atoms with Gasteiger partial charge in [-0.15, -0.1) is 0 Å². The zero-order valence-corrected chi connectivity index (χ0v) is 18.9. The number of aryl methyl sites for hydroxylation is 2. The molecule has 6 heteroatoms. The lowest BCUT2D eigenvalue weighted by molar-refractivity contribution is -0.133. The van der Waals surface area contributed by atoms with E-state index in [-0.39, 0.29) is 12.5 Å². The van der Waals surface area contributed by atoms with Crippen molar-refractivity contribution in [3.05, 3.63) is 82.7 Å². The first-order valence-corrected chi connectivity index (χ1v) is 11.3. The van der Waals surface area contributed by atoms with Crippen LogP contribution in [0, 0.1) is 6.92 Å². The average molecular weight is 434 g/mol. The summed E-state index contributed by atoms with van der Waals surface area (Å²) in [6, 6.07) is 14.9. The van der Waals surface area contributed by atoms with E-state index in [2.05, 4.69) is 54.5 Å². The fourth-order valence-electron chi connectivity index (χ4n) is 3.98. The lowest BCUT2D eigenvalue weighted by atomic mass is 9.99. The van der Waals surface area contributed by atoms with Crippen molar-refractivity contribution < 1.29 is 14.3 Å². The molecule has 2 bridgehead atoms. The van der Waals surface area contributed by atoms with Crippen LogP contribution in [-0.2, 0) is 35.5 Å². The van der Waals surface area contributed by atoms with E-state index in [4.69, 9.17) is 9.47 Å². The summed E-state index contributed by atoms with van der Waals surface area (Å²) in [6.07, 6.45) is 5.44. The lowest BCUT2D eigenvalue weighted by Crippen LogP contribution is -2.36. The van der Waals surface area contributed by atoms with E-state index in [1.54, 1.807) is 10.9 Å². The van der Waals surface area contributed by atoms with Gasteiger partial charge in [0, 0.05) is 25.7 Å². The Bertz CT molecular complexity index is 1060. The number of carbonyl (C=O) groups excluding carboxylic acids is 1. The molecule has 2 heterocycles. The molecule has 0 fully saturated rings. The van der Waals surface area contributed by atoms with Crippen LogP contribution in [-0.4, -0.2) is 47.0 Å². The molecule has 0 N–H and O–H groups in total. The molecule has 0 unspecified atom stereocenters. The molecule has 1 aliphatic rings. The van der Waals surface area contributed by atoms with Crippen LogP contribution in [0.4, 0.5) is 0 Å². The first kappa shape index (κ1) is 22.1. The van der Waals surface area contributed by atoms with E-state index >= 15 is 0 Å². The normalized spacial score (nSPS) is 14.9. The Morgan fingerprint density at radius 2 is 1.97 bits per heavy atom. The summed E-state index contributed by atoms with van der Waals surface area (Å²) in [6.45, 7) is 6.88. The fourth-order valence-corrected chi connectivity index (χ4v) is 3.98. The van der Waals surface area contributed by atoms with Gasteiger partial charge in [0.15, 0.2) is 0 Å². The zero-order valence-electron chi connectivity index (χ0n) is 18.9. The topological polar surface area (TPSA) is 56.6 Å². The summed E-state index contributed by atoms with van der Waals surface area (Å²) in [5.74, 6) is 0.947. The van der Waals surface area contributed by atoms with Gasteiger partial charge in [-0.3, -0.25) is 9.48 Å². The maximum absolute atomic E-state index is 13.0. The Morgan fingerprint density at radius 1 is 1.09 bits per heavy atom. The number of benzene rings is 2. The van der Waals surface area contributed by atoms with Gasteiger partial charge >= 0.3 is 0 Å². The number of fused-ring (bicyclic) bond motifs is 3. The minimum absolute atomic E-state index is 0.0309. The summed E-state index contributed by atoms with van der Waals surface area (Å²) in [5, 5.41) is 4.26. The lowest BCUT2D eigenvalue weighted by Gasteiger charge is -2.24. The minimum atomic E-state index is 0.0309. The Morgan fingerprint density at radius 3 is 2.78 bits per heavy atom. The van der Waals surface area contributed by atoms with Crippen LogP contribution in [0.15, 0.2) is 54.9 Å². The molecule has 0 spiro atoms. The maximum atomic E-state index is 13.0. The Labute approximate surface area is 189 Å². The summed E-state index contributed by atoms with van der Waals surface area (Å²) >= 11 is 0. The van der Waals surface area contributed by atoms with E-state index in [1.807, 2.05) is 18.0 Å². The molecule has 3 aromatic rings. The van der Waals surface area contributed by atoms with Crippen LogP contribution >= 0.6 is 0 Å². The Hall–Kier alpha value is -3.12. The smallest absolute Gasteiger partial charge is 0.244 e. The molecule has 0 saturated carbocycles. The van der Waals surface area contributed by atoms with Crippen LogP contribution in [0.1, 0.15) is 34.7 Å². The van der Waals surface area contributed by atoms with Crippen molar-refractivity contribution in [2.24, 2.45) is 0 Å². The number of nitrogens with zero attached hydrogens (tertiary/aromatic N) is 3. The molecule has 0 saturated heterocycles. The summed E-state index contributed by atoms with van der Waals surface area (Å²) < 4.78 is 13.5. The first-order valence-electron chi connectivity index (χ1n) is 11.3. The van der Waals surface area contributed by atoms with Crippen LogP contribution in [0.2, 0.25) is 0 Å². The third-order valence-corrected chi connectivity index (χ3v) is 5.70. The second-order valence-electron chi connectivity index (χ2n) is 8.28. The molecule has 0 atom stereocenters. The van der Waals surface area contributed by atoms with Gasteiger partial charge in [-0.05, 0) is 47.2 Å². The molecule has 6 nitrogen and oxygen atoms in total. The molecular formula is C26H31N3O3. The highest BCUT2D eigenvalue weighted by atomic mass is 16.5. The molecule has 0 aliphatic carbocycles. The zero-order chi connectivity index (χ0) is 22.3. The molecule has 1 aliphatic heterocycles. The second-order valence-corrected chi connectivity index (χ2v) is 8.28. The van der Waals surface area contributed by atoms with E-state index < -0.39 is 0 Å². The van der Waals surface area contributed by atoms with Crippen LogP contribution in [0.5, 0.6) is 5.75 Å². The summed E-state index contributed by atoms with van der Waals surface area (Å²) in [4.78, 5) is 14.9. The second kappa shape index (κ2) is 10.5. The third kappa shape index (κ3) is 5.77. The highest BCUT2D eigenvalue weighted by Crippen LogP contribution is 2.24. The SMILES string of the molecule is CCc1ccc2c(c1)Cc1cccc(c1)CN(C(=O)Cn1cc(C)cn1)CCOCCO2. The third-order valence-electron chi connectivity index (χ3n) is 5.70. The largest absolute Gasteiger partial charge is 0.491 e. The molecule has 1 aromatic heterocycles. The number of hydrogen-bond donors (Lipinski definition) is 0. The van der Waals surface area contributed by atoms with Gasteiger partial charge in [0.25, 0.3) is 0 Å². The minimum Gasteiger partial charge on any atom is -0.491 e. The standard InChI is InChI=1S/C26H31N3O3/c1-3-21-7-8-25-24(14-21)15-22-5-4-6-23(13-22)18-28(9-10-31-11-12-32-25)26(30)19-29-17-20(2)16-27-29/h4-8,13-14,16-17H,3,9-12,15,18-19H2,1-2H3. The van der Waals surface area contributed by atoms with Crippen molar-refractivity contribution in [3.63, 3.8) is 0 Å². The number of ether oxygens (including phenoxy) is 2. The molecule has 1 amide bonds. The molecule has 0 radical (unpaired) electrons. The van der Waals surface area contributed by atoms with Crippen LogP contribution in [0.3, 0.4) is 0 Å². The predicted octanol–water partition coefficient (Wildman–Crippen LogP) is 3.78. The quantitative estimate of drug-likeness (QED) is 0.631. The van der Waals surface area contributed by atoms with E-state index in [0.29, 0.717) is 32.9 Å². The number of amides is 1. The monoisotopic (exact) mass is 433 g/mol. The molecule has 4 rings (SSSR count). The van der Waals surface area contributed by atoms with Crippen molar-refractivity contribution in [2.45, 2.75) is 39.8 Å². The van der Waals surface area contributed by atoms with Gasteiger partial charge < -0.3 is 14.4 Å². The summed E-state index contributed by atoms with van der Waals surface area (Å²) in [5.41, 5.74) is 5.84. The number of hydrogen-bond acceptors (Lipinski definition) is 4. The average Bonchev–Trinajstić information content (AvgIpc) is 3.20. The van der Waals surface area contributed by atoms with Gasteiger partial charge in [0.2, 0.25) is 5.91 Å². The number of rotatable bonds is 3. The fraction of sp³-hybridized carbons (Fsp3) is 0.385. The highest BCUT2D eigenvalue weighted by molar-refractivity contribution is 5.76. The maximum Gasteiger partial charge on any atom is 0.244 e. The van der Waals surface area contributed by atoms with Crippen LogP contribution < -0.4 is 4.74 Å². The van der Waals surface area contributed by atoms with E-state index in [1.165, 1.54) is 16.7 Å². The van der Waals surface area contributed by atoms with Gasteiger partial charge in [-0.1, -0.05) is 43.3 Å². The van der Waals surface area contributed by atoms with Crippen molar-refractivity contribution in [3.8, 4) is 5.75 Å². The summed E-state index contributed by atoms with van der Waals surface area (Å²) in [7, 11) is 0. The van der Waals surface area contributed by atoms with Gasteiger partial charge in [0.05, 0.1) is 19.4 Å².